The molecule has 4 aromatic rings. The number of thiophene rings is 1. The van der Waals surface area contributed by atoms with Gasteiger partial charge in [0, 0.05) is 31.5 Å². The summed E-state index contributed by atoms with van der Waals surface area (Å²) in [6, 6.07) is 18.8. The van der Waals surface area contributed by atoms with E-state index >= 15 is 0 Å². The monoisotopic (exact) mass is 387 g/mol. The third-order valence-corrected chi connectivity index (χ3v) is 6.13. The number of amides is 1. The van der Waals surface area contributed by atoms with Crippen LogP contribution in [0.5, 0.6) is 0 Å². The fraction of sp³-hybridized carbons (Fsp3) is 0.217. The first-order valence-electron chi connectivity index (χ1n) is 9.60. The Labute approximate surface area is 168 Å². The summed E-state index contributed by atoms with van der Waals surface area (Å²) in [7, 11) is 0. The zero-order valence-corrected chi connectivity index (χ0v) is 16.3. The van der Waals surface area contributed by atoms with Gasteiger partial charge in [-0.1, -0.05) is 30.3 Å². The number of carbonyl (C=O) groups is 1. The molecule has 1 aromatic carbocycles. The van der Waals surface area contributed by atoms with Gasteiger partial charge in [-0.2, -0.15) is 0 Å². The Kier molecular flexibility index (Phi) is 4.45. The summed E-state index contributed by atoms with van der Waals surface area (Å²) in [6.07, 6.45) is 5.76. The number of carbonyl (C=O) groups excluding carboxylic acids is 1. The number of rotatable bonds is 6. The van der Waals surface area contributed by atoms with E-state index in [0.717, 1.165) is 29.6 Å². The molecule has 1 amide bonds. The third-order valence-electron chi connectivity index (χ3n) is 5.28. The van der Waals surface area contributed by atoms with Crippen molar-refractivity contribution in [3.63, 3.8) is 0 Å². The Bertz CT molecular complexity index is 1100. The van der Waals surface area contributed by atoms with Gasteiger partial charge in [-0.05, 0) is 53.6 Å². The zero-order valence-electron chi connectivity index (χ0n) is 15.5. The molecule has 1 aliphatic carbocycles. The van der Waals surface area contributed by atoms with Crippen LogP contribution >= 0.6 is 11.3 Å². The molecule has 3 heterocycles. The van der Waals surface area contributed by atoms with Crippen LogP contribution in [0.15, 0.2) is 72.4 Å². The Balaban J connectivity index is 1.51. The molecule has 0 unspecified atom stereocenters. The Hall–Kier alpha value is -2.92. The molecule has 0 spiro atoms. The molecule has 1 aliphatic rings. The number of benzene rings is 1. The molecule has 0 radical (unpaired) electrons. The lowest BCUT2D eigenvalue weighted by Gasteiger charge is -2.23. The smallest absolute Gasteiger partial charge is 0.271 e. The molecule has 3 aromatic heterocycles. The molecule has 0 atom stereocenters. The highest BCUT2D eigenvalue weighted by molar-refractivity contribution is 7.17. The van der Waals surface area contributed by atoms with Crippen molar-refractivity contribution in [2.75, 3.05) is 0 Å². The second-order valence-electron chi connectivity index (χ2n) is 7.29. The third kappa shape index (κ3) is 3.34. The molecule has 28 heavy (non-hydrogen) atoms. The van der Waals surface area contributed by atoms with Gasteiger partial charge in [0.15, 0.2) is 0 Å². The van der Waals surface area contributed by atoms with E-state index in [1.54, 1.807) is 23.7 Å². The Morgan fingerprint density at radius 3 is 2.61 bits per heavy atom. The van der Waals surface area contributed by atoms with Crippen molar-refractivity contribution in [2.24, 2.45) is 0 Å². The number of fused-ring (bicyclic) bond motifs is 1. The quantitative estimate of drug-likeness (QED) is 0.469. The maximum Gasteiger partial charge on any atom is 0.271 e. The van der Waals surface area contributed by atoms with Gasteiger partial charge in [0.1, 0.15) is 5.69 Å². The number of hydrogen-bond acceptors (Lipinski definition) is 3. The summed E-state index contributed by atoms with van der Waals surface area (Å²) in [5.41, 5.74) is 4.24. The fourth-order valence-corrected chi connectivity index (χ4v) is 4.50. The van der Waals surface area contributed by atoms with E-state index in [-0.39, 0.29) is 5.91 Å². The highest BCUT2D eigenvalue weighted by Gasteiger charge is 2.34. The van der Waals surface area contributed by atoms with Crippen molar-refractivity contribution < 1.29 is 4.79 Å². The first-order chi connectivity index (χ1) is 13.8. The lowest BCUT2D eigenvalue weighted by Crippen LogP contribution is -2.34. The molecule has 5 rings (SSSR count). The molecular formula is C23H21N3OS. The van der Waals surface area contributed by atoms with E-state index in [9.17, 15) is 4.79 Å². The first-order valence-corrected chi connectivity index (χ1v) is 10.5. The maximum atomic E-state index is 13.6. The van der Waals surface area contributed by atoms with Crippen molar-refractivity contribution in [1.82, 2.24) is 14.5 Å². The average Bonchev–Trinajstić information content (AvgIpc) is 3.37. The van der Waals surface area contributed by atoms with Crippen LogP contribution in [0.1, 0.15) is 34.5 Å². The SMILES string of the molecule is O=C(c1cc2sccc2n1Cc1ccccc1)N(Cc1ccncc1)C1CC1. The average molecular weight is 388 g/mol. The van der Waals surface area contributed by atoms with E-state index in [1.165, 1.54) is 10.3 Å². The number of hydrogen-bond donors (Lipinski definition) is 0. The van der Waals surface area contributed by atoms with Gasteiger partial charge in [0.05, 0.1) is 10.2 Å². The van der Waals surface area contributed by atoms with Crippen molar-refractivity contribution in [3.8, 4) is 0 Å². The maximum absolute atomic E-state index is 13.6. The largest absolute Gasteiger partial charge is 0.331 e. The van der Waals surface area contributed by atoms with Gasteiger partial charge in [-0.15, -0.1) is 11.3 Å². The van der Waals surface area contributed by atoms with Gasteiger partial charge >= 0.3 is 0 Å². The van der Waals surface area contributed by atoms with Gasteiger partial charge in [0.25, 0.3) is 5.91 Å². The van der Waals surface area contributed by atoms with Gasteiger partial charge in [0.2, 0.25) is 0 Å². The van der Waals surface area contributed by atoms with Crippen LogP contribution < -0.4 is 0 Å². The van der Waals surface area contributed by atoms with E-state index in [2.05, 4.69) is 39.2 Å². The van der Waals surface area contributed by atoms with E-state index in [4.69, 9.17) is 0 Å². The van der Waals surface area contributed by atoms with E-state index in [1.807, 2.05) is 35.2 Å². The Morgan fingerprint density at radius 1 is 1.07 bits per heavy atom. The topological polar surface area (TPSA) is 38.1 Å². The molecule has 0 bridgehead atoms. The lowest BCUT2D eigenvalue weighted by atomic mass is 10.2. The van der Waals surface area contributed by atoms with Crippen molar-refractivity contribution >= 4 is 27.5 Å². The van der Waals surface area contributed by atoms with Gasteiger partial charge in [-0.3, -0.25) is 9.78 Å². The summed E-state index contributed by atoms with van der Waals surface area (Å²) in [5.74, 6) is 0.124. The summed E-state index contributed by atoms with van der Waals surface area (Å²) < 4.78 is 3.34. The van der Waals surface area contributed by atoms with Crippen LogP contribution in [0.3, 0.4) is 0 Å². The predicted octanol–water partition coefficient (Wildman–Crippen LogP) is 4.95. The van der Waals surface area contributed by atoms with E-state index in [0.29, 0.717) is 19.1 Å². The Morgan fingerprint density at radius 2 is 1.86 bits per heavy atom. The minimum Gasteiger partial charge on any atom is -0.331 e. The highest BCUT2D eigenvalue weighted by atomic mass is 32.1. The molecule has 5 heteroatoms. The lowest BCUT2D eigenvalue weighted by molar-refractivity contribution is 0.0720. The molecule has 140 valence electrons. The van der Waals surface area contributed by atoms with Crippen LogP contribution in [-0.2, 0) is 13.1 Å². The van der Waals surface area contributed by atoms with Crippen LogP contribution in [0.4, 0.5) is 0 Å². The highest BCUT2D eigenvalue weighted by Crippen LogP contribution is 2.32. The fourth-order valence-electron chi connectivity index (χ4n) is 3.68. The number of nitrogens with zero attached hydrogens (tertiary/aromatic N) is 3. The summed E-state index contributed by atoms with van der Waals surface area (Å²) in [4.78, 5) is 19.7. The van der Waals surface area contributed by atoms with Crippen LogP contribution in [0, 0.1) is 0 Å². The first kappa shape index (κ1) is 17.2. The van der Waals surface area contributed by atoms with Crippen LogP contribution in [0.2, 0.25) is 0 Å². The standard InChI is InChI=1S/C23H21N3OS/c27-23(25(19-6-7-19)15-18-8-11-24-12-9-18)21-14-22-20(10-13-28-22)26(21)16-17-4-2-1-3-5-17/h1-5,8-14,19H,6-7,15-16H2. The van der Waals surface area contributed by atoms with Crippen LogP contribution in [0.25, 0.3) is 10.2 Å². The summed E-state index contributed by atoms with van der Waals surface area (Å²) >= 11 is 1.69. The normalized spacial score (nSPS) is 13.7. The number of aromatic nitrogens is 2. The second kappa shape index (κ2) is 7.24. The summed E-state index contributed by atoms with van der Waals surface area (Å²) in [5, 5.41) is 2.09. The van der Waals surface area contributed by atoms with Crippen molar-refractivity contribution in [2.45, 2.75) is 32.0 Å². The molecule has 1 fully saturated rings. The zero-order chi connectivity index (χ0) is 18.9. The van der Waals surface area contributed by atoms with Crippen molar-refractivity contribution in [1.29, 1.82) is 0 Å². The predicted molar refractivity (Wildman–Crippen MR) is 112 cm³/mol. The van der Waals surface area contributed by atoms with E-state index < -0.39 is 0 Å². The molecule has 0 aliphatic heterocycles. The minimum atomic E-state index is 0.124. The molecule has 4 nitrogen and oxygen atoms in total. The van der Waals surface area contributed by atoms with Crippen molar-refractivity contribution in [3.05, 3.63) is 89.2 Å². The summed E-state index contributed by atoms with van der Waals surface area (Å²) in [6.45, 7) is 1.34. The number of pyridine rings is 1. The van der Waals surface area contributed by atoms with Gasteiger partial charge < -0.3 is 9.47 Å². The van der Waals surface area contributed by atoms with Crippen LogP contribution in [-0.4, -0.2) is 26.4 Å². The minimum absolute atomic E-state index is 0.124. The second-order valence-corrected chi connectivity index (χ2v) is 8.24. The molecule has 0 N–H and O–H groups in total. The van der Waals surface area contributed by atoms with Gasteiger partial charge in [-0.25, -0.2) is 0 Å². The molecule has 1 saturated carbocycles. The molecular weight excluding hydrogens is 366 g/mol. The molecule has 0 saturated heterocycles.